The van der Waals surface area contributed by atoms with E-state index in [4.69, 9.17) is 0 Å². The summed E-state index contributed by atoms with van der Waals surface area (Å²) in [7, 11) is 0. The van der Waals surface area contributed by atoms with E-state index < -0.39 is 0 Å². The largest absolute Gasteiger partial charge is 0.328 e. The Kier molecular flexibility index (Phi) is 40.8. The quantitative estimate of drug-likeness (QED) is 0.330. The summed E-state index contributed by atoms with van der Waals surface area (Å²) in [4.78, 5) is 0. The smallest absolute Gasteiger partial charge is 0 e. The van der Waals surface area contributed by atoms with Crippen LogP contribution in [0, 0.1) is 6.42 Å². The van der Waals surface area contributed by atoms with Crippen LogP contribution in [-0.4, -0.2) is 0 Å². The van der Waals surface area contributed by atoms with E-state index in [-0.39, 0.29) is 84.3 Å². The van der Waals surface area contributed by atoms with Crippen molar-refractivity contribution in [3.63, 3.8) is 0 Å². The molecule has 1 aliphatic rings. The topological polar surface area (TPSA) is 0 Å². The van der Waals surface area contributed by atoms with E-state index in [0.717, 1.165) is 0 Å². The Morgan fingerprint density at radius 1 is 0.600 bits per heavy atom. The molecule has 1 saturated carbocycles. The van der Waals surface area contributed by atoms with Gasteiger partial charge in [0.05, 0.1) is 0 Å². The third-order valence-corrected chi connectivity index (χ3v) is 1.32. The van der Waals surface area contributed by atoms with Gasteiger partial charge in [0.25, 0.3) is 0 Å². The Balaban J connectivity index is -0.0000000450. The molecule has 0 N–H and O–H groups in total. The van der Waals surface area contributed by atoms with Gasteiger partial charge < -0.3 is 6.42 Å². The first-order valence-corrected chi connectivity index (χ1v) is 2.82. The van der Waals surface area contributed by atoms with Gasteiger partial charge in [-0.15, -0.1) is 0 Å². The van der Waals surface area contributed by atoms with Crippen LogP contribution in [-0.2, 0) is 84.3 Å². The Morgan fingerprint density at radius 2 is 1.00 bits per heavy atom. The van der Waals surface area contributed by atoms with E-state index >= 15 is 0 Å². The molecular formula is C6H11W4-. The standard InChI is InChI=1S/C6H11.4W/c1-2-4-6-5-3-1;;;;/h1H,2-6H2;;;;/q-1;;;;. The van der Waals surface area contributed by atoms with Gasteiger partial charge in [-0.2, -0.15) is 12.8 Å². The van der Waals surface area contributed by atoms with E-state index in [1.807, 2.05) is 0 Å². The van der Waals surface area contributed by atoms with E-state index in [1.165, 1.54) is 32.1 Å². The minimum absolute atomic E-state index is 0. The van der Waals surface area contributed by atoms with Gasteiger partial charge in [0.15, 0.2) is 0 Å². The molecule has 0 atom stereocenters. The van der Waals surface area contributed by atoms with Crippen LogP contribution in [0.5, 0.6) is 0 Å². The predicted molar refractivity (Wildman–Crippen MR) is 27.4 cm³/mol. The van der Waals surface area contributed by atoms with Gasteiger partial charge >= 0.3 is 0 Å². The van der Waals surface area contributed by atoms with Crippen molar-refractivity contribution in [3.8, 4) is 0 Å². The van der Waals surface area contributed by atoms with Gasteiger partial charge in [0.1, 0.15) is 0 Å². The van der Waals surface area contributed by atoms with Crippen LogP contribution in [0.3, 0.4) is 0 Å². The minimum Gasteiger partial charge on any atom is -0.328 e. The van der Waals surface area contributed by atoms with Gasteiger partial charge in [0, 0.05) is 84.3 Å². The maximum atomic E-state index is 2.39. The molecule has 0 aromatic carbocycles. The van der Waals surface area contributed by atoms with Crippen molar-refractivity contribution in [1.82, 2.24) is 0 Å². The van der Waals surface area contributed by atoms with Crippen molar-refractivity contribution < 1.29 is 84.3 Å². The van der Waals surface area contributed by atoms with Gasteiger partial charge in [0.2, 0.25) is 0 Å². The molecule has 10 heavy (non-hydrogen) atoms. The van der Waals surface area contributed by atoms with Crippen LogP contribution in [0.25, 0.3) is 0 Å². The van der Waals surface area contributed by atoms with Gasteiger partial charge in [-0.3, -0.25) is 0 Å². The summed E-state index contributed by atoms with van der Waals surface area (Å²) in [6, 6.07) is 0. The average Bonchev–Trinajstić information content (AvgIpc) is 1.72. The fourth-order valence-corrected chi connectivity index (χ4v) is 0.898. The van der Waals surface area contributed by atoms with Crippen molar-refractivity contribution >= 4 is 0 Å². The molecule has 0 spiro atoms. The predicted octanol–water partition coefficient (Wildman–Crippen LogP) is 2.14. The molecule has 1 rings (SSSR count). The summed E-state index contributed by atoms with van der Waals surface area (Å²) >= 11 is 0. The zero-order chi connectivity index (χ0) is 4.24. The molecule has 0 bridgehead atoms. The van der Waals surface area contributed by atoms with Crippen LogP contribution in [0.4, 0.5) is 0 Å². The van der Waals surface area contributed by atoms with Crippen LogP contribution in [0.15, 0.2) is 0 Å². The fraction of sp³-hybridized carbons (Fsp3) is 0.833. The molecule has 60 valence electrons. The molecule has 0 heterocycles. The van der Waals surface area contributed by atoms with E-state index in [9.17, 15) is 0 Å². The third-order valence-electron chi connectivity index (χ3n) is 1.32. The second-order valence-corrected chi connectivity index (χ2v) is 1.93. The van der Waals surface area contributed by atoms with Crippen molar-refractivity contribution in [2.24, 2.45) is 0 Å². The van der Waals surface area contributed by atoms with Crippen molar-refractivity contribution in [2.75, 3.05) is 0 Å². The molecule has 0 aromatic rings. The van der Waals surface area contributed by atoms with Crippen molar-refractivity contribution in [3.05, 3.63) is 6.42 Å². The summed E-state index contributed by atoms with van der Waals surface area (Å²) in [6.07, 6.45) is 9.50. The first-order valence-electron chi connectivity index (χ1n) is 2.82. The number of rotatable bonds is 0. The molecule has 0 radical (unpaired) electrons. The first kappa shape index (κ1) is 23.0. The normalized spacial score (nSPS) is 14.4. The molecule has 0 saturated heterocycles. The maximum Gasteiger partial charge on any atom is 0 e. The summed E-state index contributed by atoms with van der Waals surface area (Å²) in [5.41, 5.74) is 0. The number of hydrogen-bond donors (Lipinski definition) is 0. The monoisotopic (exact) mass is 819 g/mol. The number of hydrogen-bond acceptors (Lipinski definition) is 0. The summed E-state index contributed by atoms with van der Waals surface area (Å²) in [5, 5.41) is 0. The Morgan fingerprint density at radius 3 is 1.10 bits per heavy atom. The zero-order valence-electron chi connectivity index (χ0n) is 5.75. The molecule has 4 heteroatoms. The van der Waals surface area contributed by atoms with Crippen LogP contribution >= 0.6 is 0 Å². The molecular weight excluding hydrogens is 807 g/mol. The second-order valence-electron chi connectivity index (χ2n) is 1.93. The summed E-state index contributed by atoms with van der Waals surface area (Å²) < 4.78 is 0. The van der Waals surface area contributed by atoms with E-state index in [2.05, 4.69) is 6.42 Å². The molecule has 0 unspecified atom stereocenters. The fourth-order valence-electron chi connectivity index (χ4n) is 0.898. The second kappa shape index (κ2) is 17.7. The van der Waals surface area contributed by atoms with Gasteiger partial charge in [-0.25, -0.2) is 0 Å². The first-order chi connectivity index (χ1) is 3.00. The van der Waals surface area contributed by atoms with Crippen LogP contribution < -0.4 is 0 Å². The SMILES string of the molecule is [CH-]1CCCCC1.[W].[W].[W].[W]. The third kappa shape index (κ3) is 13.4. The Bertz CT molecular complexity index is 25.2. The average molecular weight is 819 g/mol. The maximum absolute atomic E-state index is 2.39. The van der Waals surface area contributed by atoms with Crippen molar-refractivity contribution in [1.29, 1.82) is 0 Å². The molecule has 1 fully saturated rings. The summed E-state index contributed by atoms with van der Waals surface area (Å²) in [6.45, 7) is 0. The van der Waals surface area contributed by atoms with E-state index in [1.54, 1.807) is 0 Å². The molecule has 0 amide bonds. The Labute approximate surface area is 121 Å². The van der Waals surface area contributed by atoms with Gasteiger partial charge in [-0.05, 0) is 0 Å². The molecule has 0 aromatic heterocycles. The Hall–Kier alpha value is 2.75. The minimum atomic E-state index is 0. The van der Waals surface area contributed by atoms with Crippen LogP contribution in [0.2, 0.25) is 0 Å². The van der Waals surface area contributed by atoms with Crippen LogP contribution in [0.1, 0.15) is 32.1 Å². The van der Waals surface area contributed by atoms with Gasteiger partial charge in [-0.1, -0.05) is 19.3 Å². The van der Waals surface area contributed by atoms with Crippen molar-refractivity contribution in [2.45, 2.75) is 32.1 Å². The summed E-state index contributed by atoms with van der Waals surface area (Å²) in [5.74, 6) is 0. The zero-order valence-corrected chi connectivity index (χ0v) is 17.5. The molecule has 1 aliphatic carbocycles. The molecule has 0 nitrogen and oxygen atoms in total. The molecule has 0 aliphatic heterocycles. The van der Waals surface area contributed by atoms with E-state index in [0.29, 0.717) is 0 Å².